The van der Waals surface area contributed by atoms with E-state index in [-0.39, 0.29) is 79.9 Å². The number of carbonyl (C=O) groups is 6. The number of amides is 6. The molecular formula is C57H60N10O8S. The standard InChI is InChI=1S/C57H60N10O8S/c1-33-41(30-60-66(33)32-57-27-34-24-35(28-57)26-36(25-34)29-57)38-12-14-47(65-19-16-37-6-4-7-39(42(37)31-65)51(69)64-56-61-43-9-2-3-11-46(43)76-56)62-50(38)53(71)59-18-21-75-23-22-74-20-17-58-44-10-5-8-40-49(44)55(73)67(54(40)72)45-13-15-48(68)63-52(45)70/h2-12,14,30,34-36,45,58H,13,15-29,31-32H2,1H3,(H,59,71)(H,61,64,69)(H,63,68,70). The molecular weight excluding hydrogens is 985 g/mol. The summed E-state index contributed by atoms with van der Waals surface area (Å²) >= 11 is 1.44. The van der Waals surface area contributed by atoms with Gasteiger partial charge in [-0.2, -0.15) is 5.10 Å². The lowest BCUT2D eigenvalue weighted by atomic mass is 9.49. The van der Waals surface area contributed by atoms with Gasteiger partial charge in [0.05, 0.1) is 54.0 Å². The average Bonchev–Trinajstić information content (AvgIpc) is 4.12. The lowest BCUT2D eigenvalue weighted by Crippen LogP contribution is -2.54. The van der Waals surface area contributed by atoms with E-state index in [0.717, 1.165) is 61.8 Å². The van der Waals surface area contributed by atoms with E-state index in [9.17, 15) is 28.8 Å². The Morgan fingerprint density at radius 3 is 2.33 bits per heavy atom. The first-order valence-electron chi connectivity index (χ1n) is 26.6. The molecule has 4 saturated carbocycles. The summed E-state index contributed by atoms with van der Waals surface area (Å²) in [6.07, 6.45) is 10.6. The third-order valence-corrected chi connectivity index (χ3v) is 17.4. The molecule has 7 aliphatic rings. The van der Waals surface area contributed by atoms with E-state index in [2.05, 4.69) is 48.8 Å². The number of piperidine rings is 1. The van der Waals surface area contributed by atoms with E-state index in [4.69, 9.17) is 19.6 Å². The van der Waals surface area contributed by atoms with Gasteiger partial charge in [0.15, 0.2) is 5.13 Å². The first-order chi connectivity index (χ1) is 37.0. The fourth-order valence-electron chi connectivity index (χ4n) is 13.3. The van der Waals surface area contributed by atoms with Crippen LogP contribution in [0.2, 0.25) is 0 Å². The zero-order chi connectivity index (χ0) is 52.1. The summed E-state index contributed by atoms with van der Waals surface area (Å²) in [6.45, 7) is 5.66. The quantitative estimate of drug-likeness (QED) is 0.0496. The van der Waals surface area contributed by atoms with Crippen LogP contribution in [-0.2, 0) is 38.6 Å². The lowest BCUT2D eigenvalue weighted by Gasteiger charge is -2.56. The molecule has 1 unspecified atom stereocenters. The molecule has 4 bridgehead atoms. The minimum Gasteiger partial charge on any atom is -0.382 e. The van der Waals surface area contributed by atoms with E-state index in [1.54, 1.807) is 18.2 Å². The molecule has 76 heavy (non-hydrogen) atoms. The number of aromatic nitrogens is 4. The van der Waals surface area contributed by atoms with Crippen molar-refractivity contribution in [1.82, 2.24) is 35.3 Å². The molecule has 3 aliphatic heterocycles. The van der Waals surface area contributed by atoms with Crippen molar-refractivity contribution in [1.29, 1.82) is 0 Å². The number of thiazole rings is 1. The number of ether oxygens (including phenoxy) is 2. The molecule has 4 N–H and O–H groups in total. The zero-order valence-electron chi connectivity index (χ0n) is 42.4. The van der Waals surface area contributed by atoms with Gasteiger partial charge in [0, 0.05) is 67.2 Å². The molecule has 1 saturated heterocycles. The van der Waals surface area contributed by atoms with Crippen molar-refractivity contribution in [3.8, 4) is 11.1 Å². The van der Waals surface area contributed by atoms with Crippen molar-refractivity contribution in [2.24, 2.45) is 23.2 Å². The molecule has 1 atom stereocenters. The molecule has 6 heterocycles. The molecule has 0 radical (unpaired) electrons. The van der Waals surface area contributed by atoms with Crippen LogP contribution in [0.4, 0.5) is 16.6 Å². The molecule has 392 valence electrons. The number of carbonyl (C=O) groups excluding carboxylic acids is 6. The molecule has 6 amide bonds. The Bertz CT molecular complexity index is 3250. The lowest BCUT2D eigenvalue weighted by molar-refractivity contribution is -0.136. The highest BCUT2D eigenvalue weighted by Gasteiger charge is 2.51. The van der Waals surface area contributed by atoms with Gasteiger partial charge in [0.2, 0.25) is 11.8 Å². The Morgan fingerprint density at radius 2 is 1.55 bits per heavy atom. The number of imide groups is 2. The highest BCUT2D eigenvalue weighted by atomic mass is 32.1. The number of nitrogens with zero attached hydrogens (tertiary/aromatic N) is 6. The number of pyridine rings is 1. The third-order valence-electron chi connectivity index (χ3n) is 16.4. The van der Waals surface area contributed by atoms with Gasteiger partial charge in [0.1, 0.15) is 17.6 Å². The number of rotatable bonds is 18. The minimum atomic E-state index is -1.05. The zero-order valence-corrected chi connectivity index (χ0v) is 43.2. The van der Waals surface area contributed by atoms with Crippen LogP contribution in [0.25, 0.3) is 21.3 Å². The number of anilines is 3. The fourth-order valence-corrected chi connectivity index (χ4v) is 14.2. The number of fused-ring (bicyclic) bond motifs is 3. The van der Waals surface area contributed by atoms with Crippen LogP contribution in [0.3, 0.4) is 0 Å². The largest absolute Gasteiger partial charge is 0.382 e. The Hall–Kier alpha value is -7.35. The van der Waals surface area contributed by atoms with E-state index in [1.807, 2.05) is 54.7 Å². The van der Waals surface area contributed by atoms with Crippen LogP contribution in [-0.4, -0.2) is 112 Å². The smallest absolute Gasteiger partial charge is 0.270 e. The predicted octanol–water partition coefficient (Wildman–Crippen LogP) is 7.17. The van der Waals surface area contributed by atoms with Gasteiger partial charge < -0.3 is 25.0 Å². The summed E-state index contributed by atoms with van der Waals surface area (Å²) in [6, 6.07) is 21.5. The summed E-state index contributed by atoms with van der Waals surface area (Å²) in [5.41, 5.74) is 7.41. The summed E-state index contributed by atoms with van der Waals surface area (Å²) in [7, 11) is 0. The number of benzene rings is 3. The number of hydrogen-bond donors (Lipinski definition) is 4. The predicted molar refractivity (Wildman–Crippen MR) is 285 cm³/mol. The molecule has 3 aromatic carbocycles. The molecule has 3 aromatic heterocycles. The monoisotopic (exact) mass is 1040 g/mol. The molecule has 18 nitrogen and oxygen atoms in total. The molecule has 13 rings (SSSR count). The van der Waals surface area contributed by atoms with Gasteiger partial charge >= 0.3 is 0 Å². The second-order valence-corrected chi connectivity index (χ2v) is 22.5. The van der Waals surface area contributed by atoms with Gasteiger partial charge in [0.25, 0.3) is 23.6 Å². The fraction of sp³-hybridized carbons (Fsp3) is 0.421. The van der Waals surface area contributed by atoms with Crippen molar-refractivity contribution >= 4 is 73.6 Å². The number of para-hydroxylation sites is 1. The Kier molecular flexibility index (Phi) is 13.5. The van der Waals surface area contributed by atoms with Crippen LogP contribution in [0.1, 0.15) is 110 Å². The molecule has 0 spiro atoms. The first kappa shape index (κ1) is 49.5. The van der Waals surface area contributed by atoms with Gasteiger partial charge in [-0.25, -0.2) is 9.97 Å². The first-order valence-corrected chi connectivity index (χ1v) is 27.4. The third kappa shape index (κ3) is 9.64. The maximum Gasteiger partial charge on any atom is 0.270 e. The summed E-state index contributed by atoms with van der Waals surface area (Å²) in [5, 5.41) is 17.0. The molecule has 5 fully saturated rings. The van der Waals surface area contributed by atoms with Crippen molar-refractivity contribution in [3.05, 3.63) is 118 Å². The van der Waals surface area contributed by atoms with Crippen LogP contribution >= 0.6 is 11.3 Å². The second kappa shape index (κ2) is 20.6. The summed E-state index contributed by atoms with van der Waals surface area (Å²) < 4.78 is 14.8. The van der Waals surface area contributed by atoms with Crippen molar-refractivity contribution in [2.45, 2.75) is 83.8 Å². The molecule has 19 heteroatoms. The van der Waals surface area contributed by atoms with Crippen molar-refractivity contribution in [2.75, 3.05) is 61.6 Å². The second-order valence-electron chi connectivity index (χ2n) is 21.4. The minimum absolute atomic E-state index is 0.0435. The Labute approximate surface area is 443 Å². The number of hydrogen-bond acceptors (Lipinski definition) is 14. The highest BCUT2D eigenvalue weighted by Crippen LogP contribution is 2.60. The average molecular weight is 1050 g/mol. The van der Waals surface area contributed by atoms with E-state index < -0.39 is 29.7 Å². The topological polar surface area (TPSA) is 219 Å². The van der Waals surface area contributed by atoms with Crippen LogP contribution in [0, 0.1) is 30.1 Å². The van der Waals surface area contributed by atoms with E-state index in [1.165, 1.54) is 49.9 Å². The maximum absolute atomic E-state index is 14.4. The molecule has 4 aliphatic carbocycles. The van der Waals surface area contributed by atoms with E-state index in [0.29, 0.717) is 53.8 Å². The summed E-state index contributed by atoms with van der Waals surface area (Å²) in [5.74, 6) is 0.313. The van der Waals surface area contributed by atoms with Gasteiger partial charge in [-0.1, -0.05) is 41.7 Å². The maximum atomic E-state index is 14.4. The van der Waals surface area contributed by atoms with Crippen molar-refractivity contribution < 1.29 is 38.2 Å². The van der Waals surface area contributed by atoms with E-state index >= 15 is 0 Å². The van der Waals surface area contributed by atoms with Gasteiger partial charge in [-0.3, -0.25) is 49.0 Å². The molecule has 6 aromatic rings. The number of nitrogens with one attached hydrogen (secondary N) is 4. The van der Waals surface area contributed by atoms with Crippen molar-refractivity contribution in [3.63, 3.8) is 0 Å². The van der Waals surface area contributed by atoms with Crippen LogP contribution in [0.5, 0.6) is 0 Å². The Balaban J connectivity index is 0.686. The van der Waals surface area contributed by atoms with Gasteiger partial charge in [-0.15, -0.1) is 0 Å². The highest BCUT2D eigenvalue weighted by molar-refractivity contribution is 7.22. The van der Waals surface area contributed by atoms with Gasteiger partial charge in [-0.05, 0) is 135 Å². The SMILES string of the molecule is Cc1c(-c2ccc(N3CCc4cccc(C(=O)Nc5nc6ccccc6s5)c4C3)nc2C(=O)NCCOCCOCCNc2cccc3c2C(=O)N(C2CCC(=O)NC2=O)C3=O)cnn1CC12CC3CC(CC(C3)C1)C2. The summed E-state index contributed by atoms with van der Waals surface area (Å²) in [4.78, 5) is 92.0. The normalized spacial score (nSPS) is 22.5. The van der Waals surface area contributed by atoms with Crippen LogP contribution in [0.15, 0.2) is 79.0 Å². The van der Waals surface area contributed by atoms with Crippen LogP contribution < -0.4 is 26.2 Å². The Morgan fingerprint density at radius 1 is 0.789 bits per heavy atom.